The van der Waals surface area contributed by atoms with E-state index in [0.29, 0.717) is 28.5 Å². The van der Waals surface area contributed by atoms with Crippen molar-refractivity contribution in [2.45, 2.75) is 26.7 Å². The van der Waals surface area contributed by atoms with Gasteiger partial charge in [-0.15, -0.1) is 5.10 Å². The summed E-state index contributed by atoms with van der Waals surface area (Å²) in [6, 6.07) is 12.9. The second kappa shape index (κ2) is 7.05. The maximum atomic E-state index is 12.7. The third-order valence-electron chi connectivity index (χ3n) is 4.81. The summed E-state index contributed by atoms with van der Waals surface area (Å²) in [7, 11) is 1.63. The number of fused-ring (bicyclic) bond motifs is 1. The Morgan fingerprint density at radius 3 is 2.69 bits per heavy atom. The molecule has 0 aliphatic rings. The summed E-state index contributed by atoms with van der Waals surface area (Å²) < 4.78 is 8.25. The lowest BCUT2D eigenvalue weighted by atomic mass is 10.0. The van der Waals surface area contributed by atoms with Gasteiger partial charge in [0.05, 0.1) is 11.2 Å². The van der Waals surface area contributed by atoms with Gasteiger partial charge in [0.1, 0.15) is 5.82 Å². The van der Waals surface area contributed by atoms with Gasteiger partial charge in [-0.05, 0) is 36.6 Å². The van der Waals surface area contributed by atoms with Gasteiger partial charge in [-0.25, -0.2) is 14.5 Å². The van der Waals surface area contributed by atoms with Crippen LogP contribution in [0.4, 0.5) is 5.69 Å². The van der Waals surface area contributed by atoms with Gasteiger partial charge in [0.25, 0.3) is 5.91 Å². The fourth-order valence-corrected chi connectivity index (χ4v) is 3.28. The van der Waals surface area contributed by atoms with E-state index in [4.69, 9.17) is 4.42 Å². The Hall–Kier alpha value is -3.68. The van der Waals surface area contributed by atoms with Crippen molar-refractivity contribution < 1.29 is 9.21 Å². The molecule has 2 heterocycles. The van der Waals surface area contributed by atoms with Crippen LogP contribution in [-0.4, -0.2) is 25.2 Å². The maximum Gasteiger partial charge on any atom is 0.419 e. The quantitative estimate of drug-likeness (QED) is 0.575. The monoisotopic (exact) mass is 391 g/mol. The van der Waals surface area contributed by atoms with Crippen LogP contribution in [0.5, 0.6) is 0 Å². The van der Waals surface area contributed by atoms with Crippen LogP contribution in [0.25, 0.3) is 16.8 Å². The second-order valence-corrected chi connectivity index (χ2v) is 7.17. The smallest absolute Gasteiger partial charge is 0.408 e. The van der Waals surface area contributed by atoms with Gasteiger partial charge in [0.15, 0.2) is 5.58 Å². The number of nitrogens with zero attached hydrogens (tertiary/aromatic N) is 4. The number of rotatable bonds is 4. The van der Waals surface area contributed by atoms with Crippen molar-refractivity contribution in [2.24, 2.45) is 7.05 Å². The number of hydrogen-bond donors (Lipinski definition) is 1. The van der Waals surface area contributed by atoms with Gasteiger partial charge >= 0.3 is 5.76 Å². The molecule has 8 nitrogen and oxygen atoms in total. The van der Waals surface area contributed by atoms with E-state index in [1.54, 1.807) is 29.9 Å². The summed E-state index contributed by atoms with van der Waals surface area (Å²) in [6.45, 7) is 6.03. The van der Waals surface area contributed by atoms with E-state index in [1.165, 1.54) is 4.57 Å². The molecule has 0 radical (unpaired) electrons. The van der Waals surface area contributed by atoms with Crippen molar-refractivity contribution in [3.8, 4) is 5.69 Å². The molecule has 2 aromatic carbocycles. The minimum atomic E-state index is -0.455. The molecular weight excluding hydrogens is 370 g/mol. The van der Waals surface area contributed by atoms with Gasteiger partial charge < -0.3 is 9.73 Å². The number of oxazole rings is 1. The van der Waals surface area contributed by atoms with Crippen molar-refractivity contribution >= 4 is 22.7 Å². The van der Waals surface area contributed by atoms with Gasteiger partial charge in [-0.1, -0.05) is 32.0 Å². The first-order valence-corrected chi connectivity index (χ1v) is 9.29. The largest absolute Gasteiger partial charge is 0.419 e. The number of aromatic nitrogens is 4. The molecule has 0 fully saturated rings. The zero-order chi connectivity index (χ0) is 20.7. The average molecular weight is 391 g/mol. The lowest BCUT2D eigenvalue weighted by molar-refractivity contribution is 0.101. The van der Waals surface area contributed by atoms with Crippen LogP contribution in [0, 0.1) is 6.92 Å². The van der Waals surface area contributed by atoms with Crippen molar-refractivity contribution in [3.05, 3.63) is 70.2 Å². The highest BCUT2D eigenvalue weighted by atomic mass is 16.4. The van der Waals surface area contributed by atoms with Crippen molar-refractivity contribution in [2.75, 3.05) is 5.32 Å². The highest BCUT2D eigenvalue weighted by molar-refractivity contribution is 6.02. The molecule has 4 aromatic rings. The van der Waals surface area contributed by atoms with Crippen LogP contribution < -0.4 is 11.1 Å². The van der Waals surface area contributed by atoms with Crippen LogP contribution in [0.2, 0.25) is 0 Å². The number of aryl methyl sites for hydroxylation is 2. The number of benzene rings is 2. The first-order chi connectivity index (χ1) is 13.8. The van der Waals surface area contributed by atoms with Crippen molar-refractivity contribution in [1.82, 2.24) is 19.3 Å². The SMILES string of the molecule is Cc1nc(C(=O)Nc2ccc3c(c2)oc(=O)n3C)nn1-c1ccccc1C(C)C. The predicted octanol–water partition coefficient (Wildman–Crippen LogP) is 3.40. The highest BCUT2D eigenvalue weighted by Crippen LogP contribution is 2.23. The molecule has 0 saturated carbocycles. The maximum absolute atomic E-state index is 12.7. The molecule has 4 rings (SSSR count). The first kappa shape index (κ1) is 18.7. The van der Waals surface area contributed by atoms with Crippen molar-refractivity contribution in [3.63, 3.8) is 0 Å². The number of carbonyl (C=O) groups excluding carboxylic acids is 1. The van der Waals surface area contributed by atoms with E-state index >= 15 is 0 Å². The Bertz CT molecular complexity index is 1280. The second-order valence-electron chi connectivity index (χ2n) is 7.17. The number of amides is 1. The fourth-order valence-electron chi connectivity index (χ4n) is 3.28. The average Bonchev–Trinajstić information content (AvgIpc) is 3.21. The summed E-state index contributed by atoms with van der Waals surface area (Å²) in [5.74, 6) is 0.0950. The molecule has 0 spiro atoms. The summed E-state index contributed by atoms with van der Waals surface area (Å²) in [4.78, 5) is 28.6. The standard InChI is InChI=1S/C21H21N5O3/c1-12(2)15-7-5-6-8-16(15)26-13(3)22-19(24-26)20(27)23-14-9-10-17-18(11-14)29-21(28)25(17)4/h5-12H,1-4H3,(H,23,27). The van der Waals surface area contributed by atoms with E-state index in [0.717, 1.165) is 11.3 Å². The van der Waals surface area contributed by atoms with E-state index in [-0.39, 0.29) is 5.82 Å². The Morgan fingerprint density at radius 1 is 1.17 bits per heavy atom. The van der Waals surface area contributed by atoms with Crippen LogP contribution in [0.1, 0.15) is 41.8 Å². The number of anilines is 1. The molecule has 0 bridgehead atoms. The van der Waals surface area contributed by atoms with Gasteiger partial charge in [-0.2, -0.15) is 0 Å². The van der Waals surface area contributed by atoms with E-state index in [1.807, 2.05) is 31.2 Å². The summed E-state index contributed by atoms with van der Waals surface area (Å²) in [6.07, 6.45) is 0. The fraction of sp³-hybridized carbons (Fsp3) is 0.238. The topological polar surface area (TPSA) is 94.9 Å². The molecule has 1 amide bonds. The molecule has 0 aliphatic carbocycles. The third-order valence-corrected chi connectivity index (χ3v) is 4.81. The lowest BCUT2D eigenvalue weighted by Crippen LogP contribution is -2.14. The molecule has 0 atom stereocenters. The summed E-state index contributed by atoms with van der Waals surface area (Å²) in [5, 5.41) is 7.18. The normalized spacial score (nSPS) is 11.3. The van der Waals surface area contributed by atoms with Gasteiger partial charge in [0.2, 0.25) is 5.82 Å². The number of para-hydroxylation sites is 1. The zero-order valence-corrected chi connectivity index (χ0v) is 16.6. The minimum absolute atomic E-state index is 0.0654. The zero-order valence-electron chi connectivity index (χ0n) is 16.6. The Balaban J connectivity index is 1.64. The lowest BCUT2D eigenvalue weighted by Gasteiger charge is -2.12. The Kier molecular flexibility index (Phi) is 4.54. The molecule has 0 unspecified atom stereocenters. The molecule has 148 valence electrons. The van der Waals surface area contributed by atoms with Crippen LogP contribution in [0.3, 0.4) is 0 Å². The predicted molar refractivity (Wildman–Crippen MR) is 110 cm³/mol. The van der Waals surface area contributed by atoms with Gasteiger partial charge in [-0.3, -0.25) is 9.36 Å². The Labute approximate surface area is 166 Å². The van der Waals surface area contributed by atoms with E-state index in [9.17, 15) is 9.59 Å². The van der Waals surface area contributed by atoms with Crippen molar-refractivity contribution in [1.29, 1.82) is 0 Å². The van der Waals surface area contributed by atoms with Crippen LogP contribution in [0.15, 0.2) is 51.7 Å². The van der Waals surface area contributed by atoms with Crippen LogP contribution >= 0.6 is 0 Å². The molecule has 29 heavy (non-hydrogen) atoms. The Morgan fingerprint density at radius 2 is 1.93 bits per heavy atom. The molecule has 2 aromatic heterocycles. The number of carbonyl (C=O) groups is 1. The van der Waals surface area contributed by atoms with Gasteiger partial charge in [0, 0.05) is 18.8 Å². The van der Waals surface area contributed by atoms with E-state index in [2.05, 4.69) is 29.2 Å². The summed E-state index contributed by atoms with van der Waals surface area (Å²) in [5.41, 5.74) is 3.57. The van der Waals surface area contributed by atoms with E-state index < -0.39 is 11.7 Å². The molecule has 0 aliphatic heterocycles. The minimum Gasteiger partial charge on any atom is -0.408 e. The first-order valence-electron chi connectivity index (χ1n) is 9.29. The number of nitrogens with one attached hydrogen (secondary N) is 1. The summed E-state index contributed by atoms with van der Waals surface area (Å²) >= 11 is 0. The third kappa shape index (κ3) is 3.33. The highest BCUT2D eigenvalue weighted by Gasteiger charge is 2.18. The molecule has 8 heteroatoms. The molecular formula is C21H21N5O3. The van der Waals surface area contributed by atoms with Crippen LogP contribution in [-0.2, 0) is 7.05 Å². The molecule has 0 saturated heterocycles. The number of hydrogen-bond acceptors (Lipinski definition) is 5. The molecule has 1 N–H and O–H groups in total.